The van der Waals surface area contributed by atoms with Crippen LogP contribution < -0.4 is 5.32 Å². The summed E-state index contributed by atoms with van der Waals surface area (Å²) in [6, 6.07) is 3.83. The molecule has 0 saturated carbocycles. The van der Waals surface area contributed by atoms with E-state index in [9.17, 15) is 13.6 Å². The van der Waals surface area contributed by atoms with Crippen molar-refractivity contribution in [2.24, 2.45) is 0 Å². The lowest BCUT2D eigenvalue weighted by molar-refractivity contribution is -0.136. The highest BCUT2D eigenvalue weighted by Crippen LogP contribution is 2.15. The van der Waals surface area contributed by atoms with Gasteiger partial charge in [-0.25, -0.2) is 8.78 Å². The minimum Gasteiger partial charge on any atom is -0.336 e. The van der Waals surface area contributed by atoms with Crippen LogP contribution in [0.3, 0.4) is 0 Å². The molecule has 0 aliphatic carbocycles. The van der Waals surface area contributed by atoms with E-state index in [2.05, 4.69) is 5.32 Å². The topological polar surface area (TPSA) is 32.3 Å². The molecule has 1 fully saturated rings. The van der Waals surface area contributed by atoms with Crippen LogP contribution in [0, 0.1) is 11.6 Å². The molecular formula is C13H16F2N2O. The van der Waals surface area contributed by atoms with E-state index in [-0.39, 0.29) is 24.1 Å². The highest BCUT2D eigenvalue weighted by atomic mass is 19.2. The highest BCUT2D eigenvalue weighted by Gasteiger charge is 2.27. The lowest BCUT2D eigenvalue weighted by atomic mass is 10.1. The van der Waals surface area contributed by atoms with Crippen molar-refractivity contribution in [2.75, 3.05) is 13.1 Å². The standard InChI is InChI=1S/C13H16F2N2O/c1-2-11-13(18)17(7-6-16-11)8-9-4-3-5-10(14)12(9)15/h3-5,11,16H,2,6-8H2,1H3. The van der Waals surface area contributed by atoms with Crippen LogP contribution in [0.4, 0.5) is 8.78 Å². The van der Waals surface area contributed by atoms with Crippen molar-refractivity contribution in [1.82, 2.24) is 10.2 Å². The van der Waals surface area contributed by atoms with Crippen LogP contribution in [0.2, 0.25) is 0 Å². The van der Waals surface area contributed by atoms with Gasteiger partial charge in [-0.05, 0) is 12.5 Å². The minimum absolute atomic E-state index is 0.0487. The van der Waals surface area contributed by atoms with E-state index in [0.717, 1.165) is 6.07 Å². The predicted molar refractivity (Wildman–Crippen MR) is 63.9 cm³/mol. The Hall–Kier alpha value is -1.49. The first-order chi connectivity index (χ1) is 8.63. The quantitative estimate of drug-likeness (QED) is 0.890. The Morgan fingerprint density at radius 2 is 2.22 bits per heavy atom. The molecule has 0 bridgehead atoms. The number of nitrogens with one attached hydrogen (secondary N) is 1. The average molecular weight is 254 g/mol. The molecule has 1 aliphatic rings. The maximum absolute atomic E-state index is 13.5. The molecule has 0 radical (unpaired) electrons. The zero-order chi connectivity index (χ0) is 13.1. The highest BCUT2D eigenvalue weighted by molar-refractivity contribution is 5.82. The van der Waals surface area contributed by atoms with Gasteiger partial charge in [0.2, 0.25) is 5.91 Å². The van der Waals surface area contributed by atoms with Crippen molar-refractivity contribution in [3.63, 3.8) is 0 Å². The number of halogens is 2. The third-order valence-corrected chi connectivity index (χ3v) is 3.18. The summed E-state index contributed by atoms with van der Waals surface area (Å²) in [7, 11) is 0. The van der Waals surface area contributed by atoms with E-state index >= 15 is 0 Å². The Balaban J connectivity index is 2.13. The maximum atomic E-state index is 13.5. The first kappa shape index (κ1) is 13.0. The van der Waals surface area contributed by atoms with E-state index in [1.54, 1.807) is 4.90 Å². The second-order valence-corrected chi connectivity index (χ2v) is 4.39. The minimum atomic E-state index is -0.873. The molecule has 1 unspecified atom stereocenters. The SMILES string of the molecule is CCC1NCCN(Cc2cccc(F)c2F)C1=O. The lowest BCUT2D eigenvalue weighted by Crippen LogP contribution is -2.54. The maximum Gasteiger partial charge on any atom is 0.240 e. The van der Waals surface area contributed by atoms with Gasteiger partial charge in [-0.3, -0.25) is 4.79 Å². The number of nitrogens with zero attached hydrogens (tertiary/aromatic N) is 1. The van der Waals surface area contributed by atoms with Crippen molar-refractivity contribution in [3.8, 4) is 0 Å². The number of amides is 1. The normalized spacial score (nSPS) is 20.3. The molecule has 1 aliphatic heterocycles. The summed E-state index contributed by atoms with van der Waals surface area (Å²) >= 11 is 0. The molecule has 5 heteroatoms. The number of hydrogen-bond acceptors (Lipinski definition) is 2. The molecular weight excluding hydrogens is 238 g/mol. The van der Waals surface area contributed by atoms with Crippen LogP contribution in [0.5, 0.6) is 0 Å². The number of carbonyl (C=O) groups is 1. The average Bonchev–Trinajstić information content (AvgIpc) is 2.37. The second-order valence-electron chi connectivity index (χ2n) is 4.39. The molecule has 1 atom stereocenters. The Bertz CT molecular complexity index is 451. The third kappa shape index (κ3) is 2.51. The second kappa shape index (κ2) is 5.44. The molecule has 18 heavy (non-hydrogen) atoms. The summed E-state index contributed by atoms with van der Waals surface area (Å²) in [4.78, 5) is 13.6. The van der Waals surface area contributed by atoms with Gasteiger partial charge in [0.15, 0.2) is 11.6 Å². The van der Waals surface area contributed by atoms with Crippen molar-refractivity contribution in [3.05, 3.63) is 35.4 Å². The molecule has 98 valence electrons. The Morgan fingerprint density at radius 1 is 1.44 bits per heavy atom. The van der Waals surface area contributed by atoms with Gasteiger partial charge in [0, 0.05) is 25.2 Å². The number of carbonyl (C=O) groups excluding carboxylic acids is 1. The van der Waals surface area contributed by atoms with Crippen molar-refractivity contribution < 1.29 is 13.6 Å². The largest absolute Gasteiger partial charge is 0.336 e. The van der Waals surface area contributed by atoms with Gasteiger partial charge in [0.25, 0.3) is 0 Å². The van der Waals surface area contributed by atoms with E-state index in [1.165, 1.54) is 12.1 Å². The van der Waals surface area contributed by atoms with E-state index in [1.807, 2.05) is 6.92 Å². The predicted octanol–water partition coefficient (Wildman–Crippen LogP) is 1.68. The van der Waals surface area contributed by atoms with Crippen molar-refractivity contribution in [1.29, 1.82) is 0 Å². The summed E-state index contributed by atoms with van der Waals surface area (Å²) < 4.78 is 26.6. The van der Waals surface area contributed by atoms with Gasteiger partial charge >= 0.3 is 0 Å². The van der Waals surface area contributed by atoms with Gasteiger partial charge < -0.3 is 10.2 Å². The van der Waals surface area contributed by atoms with Gasteiger partial charge in [0.1, 0.15) is 0 Å². The van der Waals surface area contributed by atoms with Crippen LogP contribution in [0.15, 0.2) is 18.2 Å². The van der Waals surface area contributed by atoms with E-state index in [4.69, 9.17) is 0 Å². The van der Waals surface area contributed by atoms with Gasteiger partial charge in [-0.15, -0.1) is 0 Å². The molecule has 1 amide bonds. The Kier molecular flexibility index (Phi) is 3.91. The summed E-state index contributed by atoms with van der Waals surface area (Å²) in [5, 5.41) is 3.10. The van der Waals surface area contributed by atoms with Crippen LogP contribution >= 0.6 is 0 Å². The monoisotopic (exact) mass is 254 g/mol. The van der Waals surface area contributed by atoms with Crippen molar-refractivity contribution in [2.45, 2.75) is 25.9 Å². The van der Waals surface area contributed by atoms with Gasteiger partial charge in [-0.2, -0.15) is 0 Å². The molecule has 2 rings (SSSR count). The molecule has 1 aromatic rings. The fourth-order valence-electron chi connectivity index (χ4n) is 2.14. The lowest BCUT2D eigenvalue weighted by Gasteiger charge is -2.32. The van der Waals surface area contributed by atoms with Gasteiger partial charge in [0.05, 0.1) is 6.04 Å². The van der Waals surface area contributed by atoms with Gasteiger partial charge in [-0.1, -0.05) is 19.1 Å². The molecule has 0 aromatic heterocycles. The van der Waals surface area contributed by atoms with Crippen LogP contribution in [-0.4, -0.2) is 29.9 Å². The third-order valence-electron chi connectivity index (χ3n) is 3.18. The first-order valence-corrected chi connectivity index (χ1v) is 6.08. The smallest absolute Gasteiger partial charge is 0.240 e. The van der Waals surface area contributed by atoms with Crippen LogP contribution in [0.1, 0.15) is 18.9 Å². The number of hydrogen-bond donors (Lipinski definition) is 1. The van der Waals surface area contributed by atoms with Crippen LogP contribution in [0.25, 0.3) is 0 Å². The Labute approximate surface area is 105 Å². The summed E-state index contributed by atoms with van der Waals surface area (Å²) in [5.74, 6) is -1.79. The fraction of sp³-hybridized carbons (Fsp3) is 0.462. The Morgan fingerprint density at radius 3 is 2.94 bits per heavy atom. The zero-order valence-electron chi connectivity index (χ0n) is 10.2. The summed E-state index contributed by atoms with van der Waals surface area (Å²) in [6.45, 7) is 3.24. The zero-order valence-corrected chi connectivity index (χ0v) is 10.2. The number of rotatable bonds is 3. The molecule has 3 nitrogen and oxygen atoms in total. The molecule has 0 spiro atoms. The van der Waals surface area contributed by atoms with Crippen LogP contribution in [-0.2, 0) is 11.3 Å². The van der Waals surface area contributed by atoms with Crippen molar-refractivity contribution >= 4 is 5.91 Å². The molecule has 1 aromatic carbocycles. The summed E-state index contributed by atoms with van der Waals surface area (Å²) in [5.41, 5.74) is 0.222. The molecule has 1 N–H and O–H groups in total. The molecule has 1 saturated heterocycles. The molecule has 1 heterocycles. The first-order valence-electron chi connectivity index (χ1n) is 6.08. The summed E-state index contributed by atoms with van der Waals surface area (Å²) in [6.07, 6.45) is 0.695. The van der Waals surface area contributed by atoms with E-state index < -0.39 is 11.6 Å². The van der Waals surface area contributed by atoms with E-state index in [0.29, 0.717) is 19.5 Å². The number of benzene rings is 1. The fourth-order valence-corrected chi connectivity index (χ4v) is 2.14. The number of piperazine rings is 1.